The quantitative estimate of drug-likeness (QED) is 0.175. The number of fused-ring (bicyclic) bond motifs is 5. The van der Waals surface area contributed by atoms with Crippen LogP contribution < -0.4 is 10.8 Å². The summed E-state index contributed by atoms with van der Waals surface area (Å²) in [7, 11) is 0. The van der Waals surface area contributed by atoms with Crippen molar-refractivity contribution in [3.05, 3.63) is 47.8 Å². The van der Waals surface area contributed by atoms with E-state index in [9.17, 15) is 9.59 Å². The summed E-state index contributed by atoms with van der Waals surface area (Å²) in [5, 5.41) is 11.9. The van der Waals surface area contributed by atoms with E-state index in [-0.39, 0.29) is 28.7 Å². The van der Waals surface area contributed by atoms with Gasteiger partial charge in [0.1, 0.15) is 0 Å². The van der Waals surface area contributed by atoms with Gasteiger partial charge in [0.25, 0.3) is 0 Å². The Balaban J connectivity index is 1.18. The van der Waals surface area contributed by atoms with Crippen molar-refractivity contribution in [2.24, 2.45) is 28.6 Å². The molecule has 2 amide bonds. The number of nitrogens with one attached hydrogen (secondary N) is 2. The Morgan fingerprint density at radius 3 is 2.54 bits per heavy atom. The second-order valence-corrected chi connectivity index (χ2v) is 12.4. The highest BCUT2D eigenvalue weighted by atomic mass is 16.5. The molecule has 2 fully saturated rings. The lowest BCUT2D eigenvalue weighted by Crippen LogP contribution is -2.51. The number of unbranched alkanes of at least 4 members (excludes halogenated alkanes) is 2. The predicted molar refractivity (Wildman–Crippen MR) is 144 cm³/mol. The molecule has 1 heterocycles. The van der Waals surface area contributed by atoms with Crippen LogP contribution in [0.25, 0.3) is 5.57 Å². The number of amides is 2. The lowest BCUT2D eigenvalue weighted by Gasteiger charge is -2.58. The van der Waals surface area contributed by atoms with Gasteiger partial charge in [-0.15, -0.1) is 0 Å². The first-order chi connectivity index (χ1) is 17.8. The molecule has 37 heavy (non-hydrogen) atoms. The summed E-state index contributed by atoms with van der Waals surface area (Å²) in [6.07, 6.45) is 20.2. The van der Waals surface area contributed by atoms with Gasteiger partial charge in [0, 0.05) is 31.3 Å². The first kappa shape index (κ1) is 26.1. The molecular weight excluding hydrogens is 462 g/mol. The Bertz CT molecular complexity index is 1070. The molecule has 0 spiro atoms. The van der Waals surface area contributed by atoms with Crippen molar-refractivity contribution in [3.63, 3.8) is 0 Å². The largest absolute Gasteiger partial charge is 0.353 e. The number of nitrogens with zero attached hydrogens (tertiary/aromatic N) is 1. The zero-order valence-corrected chi connectivity index (χ0v) is 22.5. The fraction of sp³-hybridized carbons (Fsp3) is 0.645. The first-order valence-corrected chi connectivity index (χ1v) is 14.4. The maximum atomic E-state index is 12.6. The predicted octanol–water partition coefficient (Wildman–Crippen LogP) is 5.98. The summed E-state index contributed by atoms with van der Waals surface area (Å²) >= 11 is 0. The Labute approximate surface area is 221 Å². The smallest absolute Gasteiger partial charge is 0.243 e. The van der Waals surface area contributed by atoms with Gasteiger partial charge in [0.2, 0.25) is 11.8 Å². The molecule has 1 aromatic heterocycles. The number of hydroxylamine groups is 1. The summed E-state index contributed by atoms with van der Waals surface area (Å²) in [6.45, 7) is 5.03. The molecule has 0 radical (unpaired) electrons. The molecule has 2 saturated carbocycles. The monoisotopic (exact) mass is 505 g/mol. The van der Waals surface area contributed by atoms with Crippen LogP contribution in [0.1, 0.15) is 96.5 Å². The van der Waals surface area contributed by atoms with Gasteiger partial charge in [-0.1, -0.05) is 44.1 Å². The molecule has 6 heteroatoms. The molecule has 0 saturated heterocycles. The Kier molecular flexibility index (Phi) is 7.58. The third-order valence-electron chi connectivity index (χ3n) is 10.5. The van der Waals surface area contributed by atoms with Gasteiger partial charge in [-0.05, 0) is 104 Å². The fourth-order valence-electron chi connectivity index (χ4n) is 8.42. The molecule has 0 bridgehead atoms. The van der Waals surface area contributed by atoms with Crippen LogP contribution in [0.4, 0.5) is 0 Å². The molecule has 4 aliphatic carbocycles. The molecule has 5 rings (SSSR count). The zero-order valence-electron chi connectivity index (χ0n) is 22.5. The standard InChI is InChI=1S/C31H43N3O3/c1-30-16-14-23(33-28(35)8-4-3-5-9-29(36)34-37)19-22(30)10-11-24-26-13-12-25(21-7-6-18-32-20-21)31(26,2)17-15-27(24)30/h6-7,10,12,18,20,23-24,26-27,37H,3-5,8-9,11,13-17,19H2,1-2H3,(H,33,35)(H,34,36)/t23-,24-,26-,27-,30-,31+/m0/s1. The Morgan fingerprint density at radius 2 is 1.78 bits per heavy atom. The van der Waals surface area contributed by atoms with Gasteiger partial charge in [-0.25, -0.2) is 5.48 Å². The van der Waals surface area contributed by atoms with Gasteiger partial charge in [-0.3, -0.25) is 19.8 Å². The minimum absolute atomic E-state index is 0.128. The van der Waals surface area contributed by atoms with E-state index in [1.807, 2.05) is 12.4 Å². The van der Waals surface area contributed by atoms with Gasteiger partial charge < -0.3 is 5.32 Å². The molecule has 6 atom stereocenters. The second-order valence-electron chi connectivity index (χ2n) is 12.4. The fourth-order valence-corrected chi connectivity index (χ4v) is 8.42. The molecule has 4 aliphatic rings. The van der Waals surface area contributed by atoms with E-state index in [1.54, 1.807) is 11.1 Å². The van der Waals surface area contributed by atoms with Gasteiger partial charge in [0.15, 0.2) is 0 Å². The van der Waals surface area contributed by atoms with Crippen LogP contribution in [0.2, 0.25) is 0 Å². The number of carbonyl (C=O) groups excluding carboxylic acids is 2. The number of aromatic nitrogens is 1. The van der Waals surface area contributed by atoms with E-state index in [0.29, 0.717) is 25.2 Å². The molecule has 0 aromatic carbocycles. The molecule has 0 unspecified atom stereocenters. The van der Waals surface area contributed by atoms with Crippen molar-refractivity contribution in [3.8, 4) is 0 Å². The van der Waals surface area contributed by atoms with Crippen molar-refractivity contribution in [2.45, 2.75) is 96.9 Å². The third-order valence-corrected chi connectivity index (χ3v) is 10.5. The van der Waals surface area contributed by atoms with Crippen LogP contribution in [-0.4, -0.2) is 28.0 Å². The highest BCUT2D eigenvalue weighted by Crippen LogP contribution is 2.66. The van der Waals surface area contributed by atoms with Crippen LogP contribution in [0, 0.1) is 28.6 Å². The molecular formula is C31H43N3O3. The molecule has 0 aliphatic heterocycles. The normalized spacial score (nSPS) is 34.4. The van der Waals surface area contributed by atoms with Gasteiger partial charge >= 0.3 is 0 Å². The van der Waals surface area contributed by atoms with E-state index in [2.05, 4.69) is 48.4 Å². The van der Waals surface area contributed by atoms with E-state index in [4.69, 9.17) is 5.21 Å². The Morgan fingerprint density at radius 1 is 1.00 bits per heavy atom. The van der Waals surface area contributed by atoms with Crippen LogP contribution >= 0.6 is 0 Å². The minimum atomic E-state index is -0.363. The third kappa shape index (κ3) is 5.01. The van der Waals surface area contributed by atoms with Crippen molar-refractivity contribution >= 4 is 17.4 Å². The molecule has 1 aromatic rings. The van der Waals surface area contributed by atoms with Gasteiger partial charge in [-0.2, -0.15) is 0 Å². The van der Waals surface area contributed by atoms with Crippen molar-refractivity contribution in [1.29, 1.82) is 0 Å². The zero-order chi connectivity index (χ0) is 26.0. The first-order valence-electron chi connectivity index (χ1n) is 14.4. The molecule has 6 nitrogen and oxygen atoms in total. The van der Waals surface area contributed by atoms with Crippen molar-refractivity contribution < 1.29 is 14.8 Å². The van der Waals surface area contributed by atoms with Crippen molar-refractivity contribution in [1.82, 2.24) is 15.8 Å². The maximum Gasteiger partial charge on any atom is 0.243 e. The van der Waals surface area contributed by atoms with Crippen molar-refractivity contribution in [2.75, 3.05) is 0 Å². The number of hydrogen-bond acceptors (Lipinski definition) is 4. The number of carbonyl (C=O) groups is 2. The SMILES string of the molecule is C[C@]12CC[C@H](NC(=O)CCCCCC(=O)NO)CC1=CC[C@@H]1[C@@H]2CC[C@]2(C)C(c3cccnc3)=CC[C@@H]12. The summed E-state index contributed by atoms with van der Waals surface area (Å²) < 4.78 is 0. The summed E-state index contributed by atoms with van der Waals surface area (Å²) in [5.74, 6) is 1.94. The van der Waals surface area contributed by atoms with E-state index < -0.39 is 0 Å². The summed E-state index contributed by atoms with van der Waals surface area (Å²) in [6, 6.07) is 4.53. The number of allylic oxidation sites excluding steroid dienone is 3. The van der Waals surface area contributed by atoms with Crippen LogP contribution in [0.3, 0.4) is 0 Å². The van der Waals surface area contributed by atoms with E-state index in [0.717, 1.165) is 43.9 Å². The summed E-state index contributed by atoms with van der Waals surface area (Å²) in [4.78, 5) is 28.1. The van der Waals surface area contributed by atoms with Gasteiger partial charge in [0.05, 0.1) is 0 Å². The number of pyridine rings is 1. The lowest BCUT2D eigenvalue weighted by atomic mass is 9.47. The number of rotatable bonds is 8. The Hall–Kier alpha value is -2.47. The highest BCUT2D eigenvalue weighted by molar-refractivity contribution is 5.76. The molecule has 200 valence electrons. The van der Waals surface area contributed by atoms with Crippen LogP contribution in [0.5, 0.6) is 0 Å². The lowest BCUT2D eigenvalue weighted by molar-refractivity contribution is -0.129. The van der Waals surface area contributed by atoms with E-state index in [1.165, 1.54) is 36.8 Å². The topological polar surface area (TPSA) is 91.3 Å². The van der Waals surface area contributed by atoms with Crippen LogP contribution in [-0.2, 0) is 9.59 Å². The summed E-state index contributed by atoms with van der Waals surface area (Å²) in [5.41, 5.74) is 6.57. The average Bonchev–Trinajstić information content (AvgIpc) is 3.26. The molecule has 3 N–H and O–H groups in total. The average molecular weight is 506 g/mol. The maximum absolute atomic E-state index is 12.6. The minimum Gasteiger partial charge on any atom is -0.353 e. The number of hydrogen-bond donors (Lipinski definition) is 3. The van der Waals surface area contributed by atoms with Crippen LogP contribution in [0.15, 0.2) is 42.3 Å². The van der Waals surface area contributed by atoms with E-state index >= 15 is 0 Å². The second kappa shape index (κ2) is 10.7. The highest BCUT2D eigenvalue weighted by Gasteiger charge is 2.56.